The number of benzene rings is 1. The molecule has 3 amide bonds. The van der Waals surface area contributed by atoms with E-state index in [1.165, 1.54) is 4.90 Å². The number of likely N-dealkylation sites (tertiary alicyclic amines) is 1. The maximum absolute atomic E-state index is 13.9. The summed E-state index contributed by atoms with van der Waals surface area (Å²) in [6, 6.07) is 6.08. The lowest BCUT2D eigenvalue weighted by Crippen LogP contribution is -2.57. The molecule has 1 aliphatic rings. The number of aliphatic hydroxyl groups is 1. The van der Waals surface area contributed by atoms with Gasteiger partial charge in [-0.2, -0.15) is 0 Å². The second kappa shape index (κ2) is 27.3. The lowest BCUT2D eigenvalue weighted by Gasteiger charge is -2.35. The molecule has 0 spiro atoms. The molecule has 17 heteroatoms. The Balaban J connectivity index is 1.22. The first kappa shape index (κ1) is 49.8. The molecule has 3 rings (SSSR count). The van der Waals surface area contributed by atoms with Crippen LogP contribution in [0.1, 0.15) is 65.1 Å². The normalized spacial score (nSPS) is 16.0. The van der Waals surface area contributed by atoms with Gasteiger partial charge >= 0.3 is 5.97 Å². The third-order valence-electron chi connectivity index (χ3n) is 9.07. The summed E-state index contributed by atoms with van der Waals surface area (Å²) < 4.78 is 37.9. The molecule has 1 fully saturated rings. The highest BCUT2D eigenvalue weighted by Gasteiger charge is 2.44. The molecule has 0 radical (unpaired) electrons. The van der Waals surface area contributed by atoms with Crippen LogP contribution in [-0.4, -0.2) is 149 Å². The minimum atomic E-state index is -0.921. The van der Waals surface area contributed by atoms with Gasteiger partial charge in [0.1, 0.15) is 12.1 Å². The summed E-state index contributed by atoms with van der Waals surface area (Å²) in [5.74, 6) is -1.09. The lowest BCUT2D eigenvalue weighted by molar-refractivity contribution is -0.146. The van der Waals surface area contributed by atoms with Crippen LogP contribution in [0, 0.1) is 18.3 Å². The summed E-state index contributed by atoms with van der Waals surface area (Å²) in [6.07, 6.45) is -0.484. The average molecular weight is 851 g/mol. The summed E-state index contributed by atoms with van der Waals surface area (Å²) in [6.45, 7) is 16.5. The SMILES string of the molecule is Cc1ncsc1-c1ccc(CNC(=O)[C@@H]2C[C@@H](O)CN2C(=O)[C@@H](NC(=O)CCOCCOCCOCCOCCOCCOCCC(=O)OCC(C)C)C(C)(C)C)cc1. The Kier molecular flexibility index (Phi) is 23.1. The lowest BCUT2D eigenvalue weighted by atomic mass is 9.85. The van der Waals surface area contributed by atoms with Gasteiger partial charge in [-0.25, -0.2) is 4.98 Å². The average Bonchev–Trinajstić information content (AvgIpc) is 3.82. The van der Waals surface area contributed by atoms with Gasteiger partial charge in [-0.3, -0.25) is 19.2 Å². The van der Waals surface area contributed by atoms with Gasteiger partial charge < -0.3 is 53.8 Å². The molecule has 59 heavy (non-hydrogen) atoms. The summed E-state index contributed by atoms with van der Waals surface area (Å²) >= 11 is 1.57. The predicted octanol–water partition coefficient (Wildman–Crippen LogP) is 3.31. The molecule has 1 saturated heterocycles. The molecule has 0 bridgehead atoms. The van der Waals surface area contributed by atoms with E-state index in [-0.39, 0.29) is 63.3 Å². The van der Waals surface area contributed by atoms with E-state index in [1.807, 2.05) is 71.3 Å². The fourth-order valence-electron chi connectivity index (χ4n) is 5.87. The van der Waals surface area contributed by atoms with Crippen molar-refractivity contribution in [1.82, 2.24) is 20.5 Å². The Morgan fingerprint density at radius 2 is 1.36 bits per heavy atom. The quantitative estimate of drug-likeness (QED) is 0.0799. The van der Waals surface area contributed by atoms with Gasteiger partial charge in [-0.15, -0.1) is 11.3 Å². The number of carbonyl (C=O) groups is 4. The first-order chi connectivity index (χ1) is 28.3. The Bertz CT molecular complexity index is 1530. The predicted molar refractivity (Wildman–Crippen MR) is 222 cm³/mol. The van der Waals surface area contributed by atoms with Crippen LogP contribution in [0.4, 0.5) is 0 Å². The second-order valence-corrected chi connectivity index (χ2v) is 16.5. The van der Waals surface area contributed by atoms with E-state index in [2.05, 4.69) is 15.6 Å². The summed E-state index contributed by atoms with van der Waals surface area (Å²) in [7, 11) is 0. The number of nitrogens with one attached hydrogen (secondary N) is 2. The molecule has 3 atom stereocenters. The third kappa shape index (κ3) is 19.6. The maximum atomic E-state index is 13.9. The van der Waals surface area contributed by atoms with E-state index < -0.39 is 29.5 Å². The molecule has 2 heterocycles. The highest BCUT2D eigenvalue weighted by Crippen LogP contribution is 2.28. The van der Waals surface area contributed by atoms with Crippen LogP contribution >= 0.6 is 11.3 Å². The molecule has 332 valence electrons. The molecule has 16 nitrogen and oxygen atoms in total. The topological polar surface area (TPSA) is 193 Å². The van der Waals surface area contributed by atoms with E-state index in [4.69, 9.17) is 33.2 Å². The monoisotopic (exact) mass is 850 g/mol. The van der Waals surface area contributed by atoms with Crippen LogP contribution < -0.4 is 10.6 Å². The van der Waals surface area contributed by atoms with Crippen molar-refractivity contribution in [2.45, 2.75) is 85.5 Å². The number of aliphatic hydroxyl groups excluding tert-OH is 1. The van der Waals surface area contributed by atoms with Crippen LogP contribution in [-0.2, 0) is 58.9 Å². The number of amides is 3. The molecular formula is C42H66N4O12S. The number of hydrogen-bond donors (Lipinski definition) is 3. The minimum Gasteiger partial charge on any atom is -0.465 e. The van der Waals surface area contributed by atoms with Gasteiger partial charge in [-0.05, 0) is 29.4 Å². The van der Waals surface area contributed by atoms with Gasteiger partial charge in [0.25, 0.3) is 0 Å². The van der Waals surface area contributed by atoms with E-state index in [0.717, 1.165) is 21.7 Å². The molecule has 0 aliphatic carbocycles. The molecule has 1 aromatic carbocycles. The molecule has 2 aromatic rings. The number of nitrogens with zero attached hydrogens (tertiary/aromatic N) is 2. The van der Waals surface area contributed by atoms with Crippen molar-refractivity contribution in [3.63, 3.8) is 0 Å². The zero-order valence-electron chi connectivity index (χ0n) is 35.7. The minimum absolute atomic E-state index is 0.000605. The summed E-state index contributed by atoms with van der Waals surface area (Å²) in [4.78, 5) is 58.4. The number of carbonyl (C=O) groups excluding carboxylic acids is 4. The van der Waals surface area contributed by atoms with Crippen molar-refractivity contribution in [2.24, 2.45) is 11.3 Å². The number of β-amino-alcohol motifs (C(OH)–C–C–N with tert-alkyl or cyclic N) is 1. The molecule has 1 aromatic heterocycles. The standard InChI is InChI=1S/C42H66N4O12S/c1-30(2)28-58-37(49)12-14-53-16-18-55-20-22-57-24-23-56-21-19-54-17-15-52-13-11-36(48)45-39(42(4,5)6)41(51)46-27-34(47)25-35(46)40(50)43-26-32-7-9-33(10-8-32)38-31(3)44-29-59-38/h7-10,29-30,34-35,39,47H,11-28H2,1-6H3,(H,43,50)(H,45,48)/t34-,35+,39-/m1/s1. The summed E-state index contributed by atoms with van der Waals surface area (Å²) in [5.41, 5.74) is 4.06. The van der Waals surface area contributed by atoms with Gasteiger partial charge in [0.15, 0.2) is 0 Å². The van der Waals surface area contributed by atoms with Crippen molar-refractivity contribution in [3.8, 4) is 10.4 Å². The van der Waals surface area contributed by atoms with Crippen molar-refractivity contribution >= 4 is 35.0 Å². The van der Waals surface area contributed by atoms with E-state index in [0.29, 0.717) is 78.6 Å². The molecule has 1 aliphatic heterocycles. The number of rotatable bonds is 29. The van der Waals surface area contributed by atoms with Crippen LogP contribution in [0.5, 0.6) is 0 Å². The van der Waals surface area contributed by atoms with Crippen LogP contribution in [0.3, 0.4) is 0 Å². The van der Waals surface area contributed by atoms with E-state index >= 15 is 0 Å². The number of ether oxygens (including phenoxy) is 7. The summed E-state index contributed by atoms with van der Waals surface area (Å²) in [5, 5.41) is 16.3. The van der Waals surface area contributed by atoms with Crippen LogP contribution in [0.2, 0.25) is 0 Å². The van der Waals surface area contributed by atoms with Crippen molar-refractivity contribution in [1.29, 1.82) is 0 Å². The fraction of sp³-hybridized carbons (Fsp3) is 0.690. The number of esters is 1. The van der Waals surface area contributed by atoms with E-state index in [1.54, 1.807) is 11.3 Å². The Morgan fingerprint density at radius 1 is 0.831 bits per heavy atom. The number of aryl methyl sites for hydroxylation is 1. The van der Waals surface area contributed by atoms with Crippen molar-refractivity contribution in [2.75, 3.05) is 92.4 Å². The van der Waals surface area contributed by atoms with Crippen LogP contribution in [0.15, 0.2) is 29.8 Å². The molecule has 0 saturated carbocycles. The van der Waals surface area contributed by atoms with Crippen molar-refractivity contribution in [3.05, 3.63) is 41.0 Å². The smallest absolute Gasteiger partial charge is 0.308 e. The Morgan fingerprint density at radius 3 is 1.85 bits per heavy atom. The largest absolute Gasteiger partial charge is 0.465 e. The van der Waals surface area contributed by atoms with E-state index in [9.17, 15) is 24.3 Å². The van der Waals surface area contributed by atoms with Crippen molar-refractivity contribution < 1.29 is 57.4 Å². The number of hydrogen-bond acceptors (Lipinski definition) is 14. The zero-order chi connectivity index (χ0) is 43.0. The van der Waals surface area contributed by atoms with Gasteiger partial charge in [0.2, 0.25) is 17.7 Å². The molecule has 3 N–H and O–H groups in total. The maximum Gasteiger partial charge on any atom is 0.308 e. The highest BCUT2D eigenvalue weighted by atomic mass is 32.1. The Hall–Kier alpha value is -3.55. The molecular weight excluding hydrogens is 785 g/mol. The number of aromatic nitrogens is 1. The zero-order valence-corrected chi connectivity index (χ0v) is 36.5. The second-order valence-electron chi connectivity index (χ2n) is 15.7. The van der Waals surface area contributed by atoms with Gasteiger partial charge in [0, 0.05) is 25.9 Å². The van der Waals surface area contributed by atoms with Gasteiger partial charge in [-0.1, -0.05) is 58.9 Å². The number of thiazole rings is 1. The van der Waals surface area contributed by atoms with Crippen LogP contribution in [0.25, 0.3) is 10.4 Å². The van der Waals surface area contributed by atoms with Gasteiger partial charge in [0.05, 0.1) is 114 Å². The molecule has 0 unspecified atom stereocenters. The first-order valence-corrected chi connectivity index (χ1v) is 21.3. The highest BCUT2D eigenvalue weighted by molar-refractivity contribution is 7.13. The third-order valence-corrected chi connectivity index (χ3v) is 10.1. The Labute approximate surface area is 352 Å². The fourth-order valence-corrected chi connectivity index (χ4v) is 6.68. The first-order valence-electron chi connectivity index (χ1n) is 20.4.